The summed E-state index contributed by atoms with van der Waals surface area (Å²) in [7, 11) is 0. The fourth-order valence-electron chi connectivity index (χ4n) is 2.81. The number of benzene rings is 2. The van der Waals surface area contributed by atoms with Crippen LogP contribution in [0.25, 0.3) is 0 Å². The quantitative estimate of drug-likeness (QED) is 0.821. The summed E-state index contributed by atoms with van der Waals surface area (Å²) < 4.78 is 5.57. The van der Waals surface area contributed by atoms with Gasteiger partial charge in [-0.2, -0.15) is 5.26 Å². The van der Waals surface area contributed by atoms with Crippen molar-refractivity contribution in [3.8, 4) is 11.8 Å². The maximum absolute atomic E-state index is 12.4. The minimum absolute atomic E-state index is 0.0855. The Bertz CT molecular complexity index is 884. The lowest BCUT2D eigenvalue weighted by atomic mass is 10.2. The average Bonchev–Trinajstić information content (AvgIpc) is 3.44. The van der Waals surface area contributed by atoms with E-state index in [0.717, 1.165) is 5.75 Å². The molecular weight excluding hydrogens is 342 g/mol. The van der Waals surface area contributed by atoms with Gasteiger partial charge in [0.05, 0.1) is 29.2 Å². The van der Waals surface area contributed by atoms with Crippen LogP contribution in [0.15, 0.2) is 48.5 Å². The lowest BCUT2D eigenvalue weighted by Gasteiger charge is -2.10. The van der Waals surface area contributed by atoms with Gasteiger partial charge in [0.15, 0.2) is 0 Å². The van der Waals surface area contributed by atoms with Gasteiger partial charge in [-0.15, -0.1) is 0 Å². The molecule has 0 aliphatic heterocycles. The molecular formula is C21H21N3O3. The standard InChI is InChI=1S/C21H21N3O3/c1-13(2)27-16-9-7-15(8-10-16)23-20(25)17-11-18(17)21(26)24-19-6-4-3-5-14(19)12-22/h3-10,13,17-18H,11H2,1-2H3,(H,23,25)(H,24,26). The minimum atomic E-state index is -0.375. The van der Waals surface area contributed by atoms with Gasteiger partial charge in [-0.1, -0.05) is 12.1 Å². The highest BCUT2D eigenvalue weighted by Gasteiger charge is 2.48. The van der Waals surface area contributed by atoms with Gasteiger partial charge in [0.25, 0.3) is 0 Å². The van der Waals surface area contributed by atoms with Crippen LogP contribution in [0.1, 0.15) is 25.8 Å². The highest BCUT2D eigenvalue weighted by molar-refractivity contribution is 6.03. The topological polar surface area (TPSA) is 91.2 Å². The zero-order valence-corrected chi connectivity index (χ0v) is 15.2. The van der Waals surface area contributed by atoms with Crippen LogP contribution in [0, 0.1) is 23.2 Å². The van der Waals surface area contributed by atoms with Crippen LogP contribution in [0.2, 0.25) is 0 Å². The van der Waals surface area contributed by atoms with E-state index in [9.17, 15) is 9.59 Å². The molecule has 2 unspecified atom stereocenters. The number of amides is 2. The number of para-hydroxylation sites is 1. The van der Waals surface area contributed by atoms with E-state index in [2.05, 4.69) is 10.6 Å². The van der Waals surface area contributed by atoms with E-state index in [1.165, 1.54) is 0 Å². The molecule has 0 radical (unpaired) electrons. The number of ether oxygens (including phenoxy) is 1. The first-order valence-corrected chi connectivity index (χ1v) is 8.85. The van der Waals surface area contributed by atoms with Crippen molar-refractivity contribution in [2.24, 2.45) is 11.8 Å². The summed E-state index contributed by atoms with van der Waals surface area (Å²) in [6, 6.07) is 16.0. The van der Waals surface area contributed by atoms with E-state index in [0.29, 0.717) is 23.4 Å². The van der Waals surface area contributed by atoms with Gasteiger partial charge < -0.3 is 15.4 Å². The van der Waals surface area contributed by atoms with Crippen LogP contribution in [0.3, 0.4) is 0 Å². The molecule has 1 aliphatic rings. The third-order valence-corrected chi connectivity index (χ3v) is 4.26. The van der Waals surface area contributed by atoms with Crippen molar-refractivity contribution in [2.45, 2.75) is 26.4 Å². The second-order valence-electron chi connectivity index (χ2n) is 6.78. The summed E-state index contributed by atoms with van der Waals surface area (Å²) in [6.07, 6.45) is 0.586. The smallest absolute Gasteiger partial charge is 0.228 e. The first kappa shape index (κ1) is 18.5. The molecule has 1 aliphatic carbocycles. The first-order chi connectivity index (χ1) is 13.0. The number of nitrogens with one attached hydrogen (secondary N) is 2. The summed E-state index contributed by atoms with van der Waals surface area (Å²) in [4.78, 5) is 24.7. The molecule has 0 aromatic heterocycles. The fourth-order valence-corrected chi connectivity index (χ4v) is 2.81. The predicted molar refractivity (Wildman–Crippen MR) is 102 cm³/mol. The maximum atomic E-state index is 12.4. The van der Waals surface area contributed by atoms with Crippen LogP contribution < -0.4 is 15.4 Å². The molecule has 0 spiro atoms. The molecule has 0 saturated heterocycles. The number of hydrogen-bond acceptors (Lipinski definition) is 4. The third-order valence-electron chi connectivity index (χ3n) is 4.26. The molecule has 0 heterocycles. The average molecular weight is 363 g/mol. The van der Waals surface area contributed by atoms with Crippen molar-refractivity contribution >= 4 is 23.2 Å². The monoisotopic (exact) mass is 363 g/mol. The normalized spacial score (nSPS) is 17.7. The Hall–Kier alpha value is -3.33. The molecule has 1 fully saturated rings. The van der Waals surface area contributed by atoms with Crippen LogP contribution >= 0.6 is 0 Å². The molecule has 1 saturated carbocycles. The highest BCUT2D eigenvalue weighted by atomic mass is 16.5. The number of nitrogens with zero attached hydrogens (tertiary/aromatic N) is 1. The van der Waals surface area contributed by atoms with Gasteiger partial charge >= 0.3 is 0 Å². The number of carbonyl (C=O) groups is 2. The molecule has 0 bridgehead atoms. The predicted octanol–water partition coefficient (Wildman–Crippen LogP) is 3.56. The van der Waals surface area contributed by atoms with Gasteiger partial charge in [-0.25, -0.2) is 0 Å². The number of anilines is 2. The molecule has 2 atom stereocenters. The number of carbonyl (C=O) groups excluding carboxylic acids is 2. The van der Waals surface area contributed by atoms with E-state index >= 15 is 0 Å². The number of rotatable bonds is 6. The molecule has 2 aromatic carbocycles. The Kier molecular flexibility index (Phi) is 5.41. The van der Waals surface area contributed by atoms with Crippen molar-refractivity contribution in [1.29, 1.82) is 5.26 Å². The van der Waals surface area contributed by atoms with Crippen molar-refractivity contribution in [3.05, 3.63) is 54.1 Å². The summed E-state index contributed by atoms with van der Waals surface area (Å²) >= 11 is 0. The van der Waals surface area contributed by atoms with Crippen LogP contribution in [-0.4, -0.2) is 17.9 Å². The van der Waals surface area contributed by atoms with E-state index in [1.807, 2.05) is 19.9 Å². The number of hydrogen-bond donors (Lipinski definition) is 2. The highest BCUT2D eigenvalue weighted by Crippen LogP contribution is 2.40. The zero-order valence-electron chi connectivity index (χ0n) is 15.2. The Balaban J connectivity index is 1.54. The summed E-state index contributed by atoms with van der Waals surface area (Å²) in [5.41, 5.74) is 1.53. The van der Waals surface area contributed by atoms with Crippen molar-refractivity contribution < 1.29 is 14.3 Å². The van der Waals surface area contributed by atoms with Crippen LogP contribution in [0.5, 0.6) is 5.75 Å². The van der Waals surface area contributed by atoms with Gasteiger partial charge in [-0.05, 0) is 56.7 Å². The van der Waals surface area contributed by atoms with E-state index in [1.54, 1.807) is 48.5 Å². The van der Waals surface area contributed by atoms with E-state index < -0.39 is 0 Å². The van der Waals surface area contributed by atoms with Crippen molar-refractivity contribution in [3.63, 3.8) is 0 Å². The van der Waals surface area contributed by atoms with Gasteiger partial charge in [0.2, 0.25) is 11.8 Å². The molecule has 2 aromatic rings. The lowest BCUT2D eigenvalue weighted by molar-refractivity contribution is -0.122. The Morgan fingerprint density at radius 2 is 1.67 bits per heavy atom. The van der Waals surface area contributed by atoms with Crippen LogP contribution in [0.4, 0.5) is 11.4 Å². The van der Waals surface area contributed by atoms with Crippen LogP contribution in [-0.2, 0) is 9.59 Å². The Morgan fingerprint density at radius 1 is 1.04 bits per heavy atom. The van der Waals surface area contributed by atoms with E-state index in [-0.39, 0.29) is 29.8 Å². The molecule has 6 heteroatoms. The van der Waals surface area contributed by atoms with Crippen molar-refractivity contribution in [1.82, 2.24) is 0 Å². The molecule has 3 rings (SSSR count). The van der Waals surface area contributed by atoms with Gasteiger partial charge in [0, 0.05) is 5.69 Å². The Morgan fingerprint density at radius 3 is 2.30 bits per heavy atom. The summed E-state index contributed by atoms with van der Waals surface area (Å²) in [5.74, 6) is -0.409. The minimum Gasteiger partial charge on any atom is -0.491 e. The summed E-state index contributed by atoms with van der Waals surface area (Å²) in [6.45, 7) is 3.89. The second-order valence-corrected chi connectivity index (χ2v) is 6.78. The largest absolute Gasteiger partial charge is 0.491 e. The molecule has 27 heavy (non-hydrogen) atoms. The molecule has 2 amide bonds. The Labute approximate surface area is 158 Å². The molecule has 138 valence electrons. The molecule has 6 nitrogen and oxygen atoms in total. The third kappa shape index (κ3) is 4.64. The van der Waals surface area contributed by atoms with E-state index in [4.69, 9.17) is 10.00 Å². The van der Waals surface area contributed by atoms with Gasteiger partial charge in [-0.3, -0.25) is 9.59 Å². The number of nitriles is 1. The van der Waals surface area contributed by atoms with Crippen molar-refractivity contribution in [2.75, 3.05) is 10.6 Å². The van der Waals surface area contributed by atoms with Gasteiger partial charge in [0.1, 0.15) is 11.8 Å². The second kappa shape index (κ2) is 7.92. The lowest BCUT2D eigenvalue weighted by Crippen LogP contribution is -2.21. The first-order valence-electron chi connectivity index (χ1n) is 8.85. The maximum Gasteiger partial charge on any atom is 0.228 e. The summed E-state index contributed by atoms with van der Waals surface area (Å²) in [5, 5.41) is 14.7. The zero-order chi connectivity index (χ0) is 19.4. The molecule has 2 N–H and O–H groups in total. The fraction of sp³-hybridized carbons (Fsp3) is 0.286. The SMILES string of the molecule is CC(C)Oc1ccc(NC(=O)C2CC2C(=O)Nc2ccccc2C#N)cc1.